The Kier molecular flexibility index (Phi) is 4.43. The Balaban J connectivity index is 2.10. The van der Waals surface area contributed by atoms with Gasteiger partial charge in [-0.3, -0.25) is 4.79 Å². The lowest BCUT2D eigenvalue weighted by Crippen LogP contribution is -2.40. The van der Waals surface area contributed by atoms with Crippen molar-refractivity contribution in [1.82, 2.24) is 4.90 Å². The fraction of sp³-hybridized carbons (Fsp3) is 0.533. The molecule has 2 N–H and O–H groups in total. The molecule has 1 amide bonds. The predicted molar refractivity (Wildman–Crippen MR) is 75.3 cm³/mol. The van der Waals surface area contributed by atoms with E-state index in [1.807, 2.05) is 36.1 Å². The molecule has 0 aliphatic carbocycles. The second-order valence-corrected chi connectivity index (χ2v) is 5.07. The highest BCUT2D eigenvalue weighted by Gasteiger charge is 2.31. The molecule has 4 nitrogen and oxygen atoms in total. The molecular formula is C15H22N2O2. The van der Waals surface area contributed by atoms with Gasteiger partial charge in [-0.15, -0.1) is 0 Å². The number of rotatable bonds is 4. The van der Waals surface area contributed by atoms with E-state index in [4.69, 9.17) is 10.5 Å². The lowest BCUT2D eigenvalue weighted by Gasteiger charge is -2.23. The SMILES string of the molecule is CCCOc1cccc(C(=O)N2CCC(N)C2C)c1. The molecule has 1 heterocycles. The molecule has 0 aromatic heterocycles. The normalized spacial score (nSPS) is 22.6. The lowest BCUT2D eigenvalue weighted by atomic mass is 10.1. The van der Waals surface area contributed by atoms with Crippen molar-refractivity contribution in [2.45, 2.75) is 38.8 Å². The third-order valence-electron chi connectivity index (χ3n) is 3.63. The van der Waals surface area contributed by atoms with Crippen molar-refractivity contribution in [2.24, 2.45) is 5.73 Å². The highest BCUT2D eigenvalue weighted by atomic mass is 16.5. The highest BCUT2D eigenvalue weighted by molar-refractivity contribution is 5.95. The van der Waals surface area contributed by atoms with Gasteiger partial charge in [-0.1, -0.05) is 13.0 Å². The van der Waals surface area contributed by atoms with Crippen LogP contribution in [-0.2, 0) is 0 Å². The number of likely N-dealkylation sites (tertiary alicyclic amines) is 1. The zero-order valence-corrected chi connectivity index (χ0v) is 11.6. The molecule has 104 valence electrons. The molecule has 2 rings (SSSR count). The molecule has 0 radical (unpaired) electrons. The quantitative estimate of drug-likeness (QED) is 0.903. The van der Waals surface area contributed by atoms with Crippen molar-refractivity contribution in [3.05, 3.63) is 29.8 Å². The van der Waals surface area contributed by atoms with Crippen LogP contribution in [0.1, 0.15) is 37.0 Å². The van der Waals surface area contributed by atoms with Crippen LogP contribution in [0.2, 0.25) is 0 Å². The molecule has 1 saturated heterocycles. The van der Waals surface area contributed by atoms with E-state index in [2.05, 4.69) is 6.92 Å². The van der Waals surface area contributed by atoms with Crippen LogP contribution in [0.25, 0.3) is 0 Å². The van der Waals surface area contributed by atoms with E-state index in [0.29, 0.717) is 12.2 Å². The summed E-state index contributed by atoms with van der Waals surface area (Å²) in [6, 6.07) is 7.58. The van der Waals surface area contributed by atoms with Gasteiger partial charge in [0.2, 0.25) is 0 Å². The Morgan fingerprint density at radius 1 is 1.53 bits per heavy atom. The van der Waals surface area contributed by atoms with E-state index >= 15 is 0 Å². The number of hydrogen-bond acceptors (Lipinski definition) is 3. The maximum Gasteiger partial charge on any atom is 0.254 e. The van der Waals surface area contributed by atoms with Crippen LogP contribution < -0.4 is 10.5 Å². The summed E-state index contributed by atoms with van der Waals surface area (Å²) in [4.78, 5) is 14.3. The molecule has 1 aliphatic rings. The first kappa shape index (κ1) is 13.9. The molecular weight excluding hydrogens is 240 g/mol. The Morgan fingerprint density at radius 2 is 2.32 bits per heavy atom. The van der Waals surface area contributed by atoms with Gasteiger partial charge in [0.15, 0.2) is 0 Å². The number of carbonyl (C=O) groups excluding carboxylic acids is 1. The summed E-state index contributed by atoms with van der Waals surface area (Å²) in [6.07, 6.45) is 1.83. The smallest absolute Gasteiger partial charge is 0.254 e. The summed E-state index contributed by atoms with van der Waals surface area (Å²) in [5, 5.41) is 0. The Labute approximate surface area is 114 Å². The van der Waals surface area contributed by atoms with Crippen molar-refractivity contribution in [2.75, 3.05) is 13.2 Å². The van der Waals surface area contributed by atoms with Crippen molar-refractivity contribution < 1.29 is 9.53 Å². The first-order valence-electron chi connectivity index (χ1n) is 6.93. The fourth-order valence-electron chi connectivity index (χ4n) is 2.36. The number of nitrogens with zero attached hydrogens (tertiary/aromatic N) is 1. The minimum atomic E-state index is 0.0439. The zero-order valence-electron chi connectivity index (χ0n) is 11.6. The van der Waals surface area contributed by atoms with Crippen LogP contribution >= 0.6 is 0 Å². The summed E-state index contributed by atoms with van der Waals surface area (Å²) in [5.74, 6) is 0.797. The first-order chi connectivity index (χ1) is 9.13. The maximum absolute atomic E-state index is 12.4. The average molecular weight is 262 g/mol. The number of carbonyl (C=O) groups is 1. The van der Waals surface area contributed by atoms with Crippen molar-refractivity contribution >= 4 is 5.91 Å². The molecule has 2 unspecified atom stereocenters. The van der Waals surface area contributed by atoms with Crippen molar-refractivity contribution in [1.29, 1.82) is 0 Å². The van der Waals surface area contributed by atoms with Gasteiger partial charge in [0.05, 0.1) is 6.61 Å². The Bertz CT molecular complexity index is 448. The number of nitrogens with two attached hydrogens (primary N) is 1. The second-order valence-electron chi connectivity index (χ2n) is 5.07. The Hall–Kier alpha value is -1.55. The van der Waals surface area contributed by atoms with E-state index in [1.54, 1.807) is 0 Å². The van der Waals surface area contributed by atoms with Gasteiger partial charge in [-0.25, -0.2) is 0 Å². The number of benzene rings is 1. The fourth-order valence-corrected chi connectivity index (χ4v) is 2.36. The van der Waals surface area contributed by atoms with Gasteiger partial charge in [0.1, 0.15) is 5.75 Å². The number of amides is 1. The topological polar surface area (TPSA) is 55.6 Å². The van der Waals surface area contributed by atoms with E-state index in [1.165, 1.54) is 0 Å². The molecule has 1 fully saturated rings. The van der Waals surface area contributed by atoms with Gasteiger partial charge in [0, 0.05) is 24.2 Å². The van der Waals surface area contributed by atoms with E-state index in [9.17, 15) is 4.79 Å². The number of ether oxygens (including phenoxy) is 1. The third kappa shape index (κ3) is 3.07. The van der Waals surface area contributed by atoms with Crippen LogP contribution in [0, 0.1) is 0 Å². The standard InChI is InChI=1S/C15H22N2O2/c1-3-9-19-13-6-4-5-12(10-13)15(18)17-8-7-14(16)11(17)2/h4-6,10-11,14H,3,7-9,16H2,1-2H3. The molecule has 0 spiro atoms. The first-order valence-corrected chi connectivity index (χ1v) is 6.93. The molecule has 2 atom stereocenters. The second kappa shape index (κ2) is 6.06. The lowest BCUT2D eigenvalue weighted by molar-refractivity contribution is 0.0742. The molecule has 0 saturated carbocycles. The Morgan fingerprint density at radius 3 is 2.95 bits per heavy atom. The molecule has 1 aromatic carbocycles. The summed E-state index contributed by atoms with van der Waals surface area (Å²) in [6.45, 7) is 5.47. The van der Waals surface area contributed by atoms with Crippen LogP contribution in [0.4, 0.5) is 0 Å². The summed E-state index contributed by atoms with van der Waals surface area (Å²) in [7, 11) is 0. The van der Waals surface area contributed by atoms with Gasteiger partial charge in [-0.05, 0) is 38.0 Å². The summed E-state index contributed by atoms with van der Waals surface area (Å²) < 4.78 is 5.56. The third-order valence-corrected chi connectivity index (χ3v) is 3.63. The monoisotopic (exact) mass is 262 g/mol. The predicted octanol–water partition coefficient (Wildman–Crippen LogP) is 2.04. The van der Waals surface area contributed by atoms with Gasteiger partial charge >= 0.3 is 0 Å². The summed E-state index contributed by atoms with van der Waals surface area (Å²) in [5.41, 5.74) is 6.64. The minimum absolute atomic E-state index is 0.0439. The molecule has 0 bridgehead atoms. The van der Waals surface area contributed by atoms with Gasteiger partial charge in [0.25, 0.3) is 5.91 Å². The molecule has 19 heavy (non-hydrogen) atoms. The molecule has 1 aromatic rings. The van der Waals surface area contributed by atoms with E-state index in [0.717, 1.165) is 25.1 Å². The van der Waals surface area contributed by atoms with Crippen LogP contribution in [0.15, 0.2) is 24.3 Å². The number of hydrogen-bond donors (Lipinski definition) is 1. The van der Waals surface area contributed by atoms with Crippen molar-refractivity contribution in [3.8, 4) is 5.75 Å². The van der Waals surface area contributed by atoms with Crippen LogP contribution in [0.5, 0.6) is 5.75 Å². The van der Waals surface area contributed by atoms with Crippen molar-refractivity contribution in [3.63, 3.8) is 0 Å². The van der Waals surface area contributed by atoms with E-state index in [-0.39, 0.29) is 18.0 Å². The zero-order chi connectivity index (χ0) is 13.8. The van der Waals surface area contributed by atoms with E-state index < -0.39 is 0 Å². The summed E-state index contributed by atoms with van der Waals surface area (Å²) >= 11 is 0. The van der Waals surface area contributed by atoms with Crippen LogP contribution in [-0.4, -0.2) is 36.0 Å². The van der Waals surface area contributed by atoms with Gasteiger partial charge in [-0.2, -0.15) is 0 Å². The van der Waals surface area contributed by atoms with Gasteiger partial charge < -0.3 is 15.4 Å². The minimum Gasteiger partial charge on any atom is -0.494 e. The van der Waals surface area contributed by atoms with Crippen LogP contribution in [0.3, 0.4) is 0 Å². The largest absolute Gasteiger partial charge is 0.494 e. The molecule has 4 heteroatoms. The highest BCUT2D eigenvalue weighted by Crippen LogP contribution is 2.21. The maximum atomic E-state index is 12.4. The molecule has 1 aliphatic heterocycles. The average Bonchev–Trinajstić information content (AvgIpc) is 2.76.